The lowest BCUT2D eigenvalue weighted by molar-refractivity contribution is -0.139. The van der Waals surface area contributed by atoms with Crippen LogP contribution in [0.2, 0.25) is 5.02 Å². The second-order valence-electron chi connectivity index (χ2n) is 5.87. The number of aliphatic hydroxyl groups excluding tert-OH is 1. The van der Waals surface area contributed by atoms with Crippen molar-refractivity contribution in [3.05, 3.63) is 28.8 Å². The molecule has 0 radical (unpaired) electrons. The van der Waals surface area contributed by atoms with E-state index in [-0.39, 0.29) is 18.4 Å². The molecule has 1 aromatic carbocycles. The van der Waals surface area contributed by atoms with E-state index in [9.17, 15) is 14.7 Å². The summed E-state index contributed by atoms with van der Waals surface area (Å²) >= 11 is 6.26. The second-order valence-corrected chi connectivity index (χ2v) is 6.28. The minimum absolute atomic E-state index is 0.188. The maximum absolute atomic E-state index is 11.8. The largest absolute Gasteiger partial charge is 0.388 e. The van der Waals surface area contributed by atoms with Crippen molar-refractivity contribution in [2.24, 2.45) is 11.7 Å². The number of piperidine rings is 1. The average molecular weight is 324 g/mol. The highest BCUT2D eigenvalue weighted by Gasteiger charge is 2.34. The number of nitrogens with zero attached hydrogens (tertiary/aromatic N) is 1. The van der Waals surface area contributed by atoms with E-state index < -0.39 is 17.9 Å². The number of amides is 2. The Labute approximate surface area is 133 Å². The van der Waals surface area contributed by atoms with Gasteiger partial charge in [-0.2, -0.15) is 0 Å². The van der Waals surface area contributed by atoms with Crippen LogP contribution in [0.4, 0.5) is 5.69 Å². The summed E-state index contributed by atoms with van der Waals surface area (Å²) < 4.78 is 0. The number of hydrogen-bond donors (Lipinski definition) is 3. The number of carbonyl (C=O) groups excluding carboxylic acids is 2. The molecular formula is C15H18ClN3O3. The Morgan fingerprint density at radius 2 is 2.09 bits per heavy atom. The molecule has 7 heteroatoms. The van der Waals surface area contributed by atoms with Crippen LogP contribution in [0.15, 0.2) is 18.2 Å². The van der Waals surface area contributed by atoms with Gasteiger partial charge in [0.25, 0.3) is 0 Å². The quantitative estimate of drug-likeness (QED) is 0.707. The fourth-order valence-electron chi connectivity index (χ4n) is 2.90. The van der Waals surface area contributed by atoms with Crippen LogP contribution >= 0.6 is 11.6 Å². The predicted molar refractivity (Wildman–Crippen MR) is 82.5 cm³/mol. The van der Waals surface area contributed by atoms with Gasteiger partial charge < -0.3 is 15.7 Å². The molecule has 2 aliphatic rings. The lowest BCUT2D eigenvalue weighted by atomic mass is 9.88. The van der Waals surface area contributed by atoms with Crippen LogP contribution in [0.25, 0.3) is 0 Å². The van der Waals surface area contributed by atoms with Crippen molar-refractivity contribution >= 4 is 29.1 Å². The van der Waals surface area contributed by atoms with E-state index in [0.29, 0.717) is 17.0 Å². The minimum atomic E-state index is -1.02. The second kappa shape index (κ2) is 5.87. The molecule has 0 aliphatic carbocycles. The summed E-state index contributed by atoms with van der Waals surface area (Å²) in [6.07, 6.45) is -0.465. The molecular weight excluding hydrogens is 306 g/mol. The van der Waals surface area contributed by atoms with E-state index in [2.05, 4.69) is 10.2 Å². The van der Waals surface area contributed by atoms with Crippen molar-refractivity contribution in [2.45, 2.75) is 25.0 Å². The number of nitrogens with one attached hydrogen (secondary N) is 1. The van der Waals surface area contributed by atoms with Gasteiger partial charge in [0.05, 0.1) is 12.0 Å². The first-order valence-electron chi connectivity index (χ1n) is 7.27. The van der Waals surface area contributed by atoms with Gasteiger partial charge in [-0.15, -0.1) is 0 Å². The van der Waals surface area contributed by atoms with E-state index in [0.717, 1.165) is 18.8 Å². The van der Waals surface area contributed by atoms with E-state index in [1.807, 2.05) is 6.07 Å². The lowest BCUT2D eigenvalue weighted by Crippen LogP contribution is -2.55. The van der Waals surface area contributed by atoms with Gasteiger partial charge >= 0.3 is 0 Å². The summed E-state index contributed by atoms with van der Waals surface area (Å²) in [6, 6.07) is 5.56. The number of hydrogen-bond acceptors (Lipinski definition) is 5. The molecule has 3 rings (SSSR count). The fourth-order valence-corrected chi connectivity index (χ4v) is 3.19. The Kier molecular flexibility index (Phi) is 4.08. The third-order valence-corrected chi connectivity index (χ3v) is 4.57. The van der Waals surface area contributed by atoms with Gasteiger partial charge in [0, 0.05) is 41.8 Å². The molecule has 0 saturated carbocycles. The Hall–Kier alpha value is -1.63. The molecule has 118 valence electrons. The van der Waals surface area contributed by atoms with Crippen molar-refractivity contribution in [3.63, 3.8) is 0 Å². The molecule has 2 atom stereocenters. The topological polar surface area (TPSA) is 95.7 Å². The van der Waals surface area contributed by atoms with Crippen LogP contribution < -0.4 is 16.0 Å². The molecule has 0 aromatic heterocycles. The van der Waals surface area contributed by atoms with Crippen LogP contribution in [0.5, 0.6) is 0 Å². The number of carbonyl (C=O) groups is 2. The normalized spacial score (nSPS) is 24.0. The molecule has 2 fully saturated rings. The minimum Gasteiger partial charge on any atom is -0.388 e. The molecule has 1 aromatic rings. The van der Waals surface area contributed by atoms with Crippen molar-refractivity contribution < 1.29 is 14.7 Å². The lowest BCUT2D eigenvalue weighted by Gasteiger charge is -2.39. The number of nitrogens with two attached hydrogens (primary N) is 1. The number of anilines is 1. The maximum Gasteiger partial charge on any atom is 0.232 e. The predicted octanol–water partition coefficient (Wildman–Crippen LogP) is 0.573. The van der Waals surface area contributed by atoms with Crippen LogP contribution in [-0.4, -0.2) is 36.1 Å². The molecule has 4 N–H and O–H groups in total. The fraction of sp³-hybridized carbons (Fsp3) is 0.467. The highest BCUT2D eigenvalue weighted by atomic mass is 35.5. The molecule has 6 nitrogen and oxygen atoms in total. The van der Waals surface area contributed by atoms with Gasteiger partial charge in [0.1, 0.15) is 0 Å². The molecule has 22 heavy (non-hydrogen) atoms. The Bertz CT molecular complexity index is 616. The maximum atomic E-state index is 11.8. The summed E-state index contributed by atoms with van der Waals surface area (Å²) in [4.78, 5) is 25.1. The van der Waals surface area contributed by atoms with Crippen LogP contribution in [0.3, 0.4) is 0 Å². The first-order valence-corrected chi connectivity index (χ1v) is 7.65. The van der Waals surface area contributed by atoms with E-state index in [4.69, 9.17) is 17.3 Å². The van der Waals surface area contributed by atoms with Crippen molar-refractivity contribution in [3.8, 4) is 0 Å². The molecule has 2 aliphatic heterocycles. The van der Waals surface area contributed by atoms with Gasteiger partial charge in [0.15, 0.2) is 0 Å². The van der Waals surface area contributed by atoms with Gasteiger partial charge in [-0.1, -0.05) is 17.7 Å². The molecule has 2 amide bonds. The Morgan fingerprint density at radius 3 is 2.68 bits per heavy atom. The van der Waals surface area contributed by atoms with E-state index in [1.165, 1.54) is 0 Å². The standard InChI is InChI=1S/C15H18ClN3O3/c16-12-5-9(19-6-8(17)7-19)1-2-10(12)14(21)11-3-4-13(20)18-15(11)22/h1-2,5,8,11,14,21H,3-4,6-7,17H2,(H,18,20,22). The highest BCUT2D eigenvalue weighted by molar-refractivity contribution is 6.31. The van der Waals surface area contributed by atoms with E-state index in [1.54, 1.807) is 12.1 Å². The summed E-state index contributed by atoms with van der Waals surface area (Å²) in [5.74, 6) is -1.40. The molecule has 2 heterocycles. The summed E-state index contributed by atoms with van der Waals surface area (Å²) in [5, 5.41) is 13.1. The highest BCUT2D eigenvalue weighted by Crippen LogP contribution is 2.35. The monoisotopic (exact) mass is 323 g/mol. The molecule has 2 saturated heterocycles. The smallest absolute Gasteiger partial charge is 0.232 e. The van der Waals surface area contributed by atoms with E-state index >= 15 is 0 Å². The van der Waals surface area contributed by atoms with Crippen LogP contribution in [-0.2, 0) is 9.59 Å². The zero-order valence-corrected chi connectivity index (χ0v) is 12.7. The number of aliphatic hydroxyl groups is 1. The first-order chi connectivity index (χ1) is 10.5. The van der Waals surface area contributed by atoms with Crippen molar-refractivity contribution in [1.82, 2.24) is 5.32 Å². The molecule has 0 bridgehead atoms. The van der Waals surface area contributed by atoms with Crippen molar-refractivity contribution in [1.29, 1.82) is 0 Å². The molecule has 2 unspecified atom stereocenters. The van der Waals surface area contributed by atoms with Gasteiger partial charge in [-0.25, -0.2) is 0 Å². The summed E-state index contributed by atoms with van der Waals surface area (Å²) in [7, 11) is 0. The van der Waals surface area contributed by atoms with Gasteiger partial charge in [0.2, 0.25) is 11.8 Å². The summed E-state index contributed by atoms with van der Waals surface area (Å²) in [5.41, 5.74) is 7.21. The number of benzene rings is 1. The summed E-state index contributed by atoms with van der Waals surface area (Å²) in [6.45, 7) is 1.57. The Morgan fingerprint density at radius 1 is 1.36 bits per heavy atom. The zero-order valence-electron chi connectivity index (χ0n) is 12.0. The number of rotatable bonds is 3. The third-order valence-electron chi connectivity index (χ3n) is 4.24. The first kappa shape index (κ1) is 15.3. The molecule has 0 spiro atoms. The van der Waals surface area contributed by atoms with Gasteiger partial charge in [-0.05, 0) is 18.6 Å². The Balaban J connectivity index is 1.76. The SMILES string of the molecule is NC1CN(c2ccc(C(O)C3CCC(=O)NC3=O)c(Cl)c2)C1. The average Bonchev–Trinajstić information content (AvgIpc) is 2.43. The van der Waals surface area contributed by atoms with Crippen molar-refractivity contribution in [2.75, 3.05) is 18.0 Å². The van der Waals surface area contributed by atoms with Gasteiger partial charge in [-0.3, -0.25) is 14.9 Å². The number of imide groups is 1. The third kappa shape index (κ3) is 2.82. The van der Waals surface area contributed by atoms with Crippen LogP contribution in [0, 0.1) is 5.92 Å². The van der Waals surface area contributed by atoms with Crippen LogP contribution in [0.1, 0.15) is 24.5 Å². The number of halogens is 1. The zero-order chi connectivity index (χ0) is 15.9.